The highest BCUT2D eigenvalue weighted by molar-refractivity contribution is 5.81. The van der Waals surface area contributed by atoms with E-state index < -0.39 is 5.97 Å². The van der Waals surface area contributed by atoms with Crippen molar-refractivity contribution in [2.24, 2.45) is 0 Å². The molecule has 27 heavy (non-hydrogen) atoms. The molecule has 0 aliphatic carbocycles. The third kappa shape index (κ3) is 18.4. The first kappa shape index (κ1) is 24.8. The summed E-state index contributed by atoms with van der Waals surface area (Å²) in [6.45, 7) is 3.73. The van der Waals surface area contributed by atoms with Crippen molar-refractivity contribution in [1.82, 2.24) is 21.3 Å². The van der Waals surface area contributed by atoms with Crippen LogP contribution in [0.1, 0.15) is 58.3 Å². The standard InChI is InChI=1S/C18H34N4O5/c1-2-20-15(23)9-5-3-7-11-21-16(24)13-19-14-17(25)22-12-8-4-6-10-18(26)27/h19H,2-14H2,1H3,(H,20,23)(H,21,24)(H,22,25)(H,26,27). The molecule has 5 N–H and O–H groups in total. The molecule has 0 bridgehead atoms. The maximum Gasteiger partial charge on any atom is 0.303 e. The fourth-order valence-electron chi connectivity index (χ4n) is 2.32. The minimum Gasteiger partial charge on any atom is -0.481 e. The van der Waals surface area contributed by atoms with Gasteiger partial charge in [-0.25, -0.2) is 0 Å². The number of hydrogen-bond acceptors (Lipinski definition) is 5. The zero-order valence-corrected chi connectivity index (χ0v) is 16.3. The lowest BCUT2D eigenvalue weighted by Crippen LogP contribution is -2.40. The Labute approximate surface area is 161 Å². The largest absolute Gasteiger partial charge is 0.481 e. The third-order valence-electron chi connectivity index (χ3n) is 3.74. The molecule has 0 radical (unpaired) electrons. The number of hydrogen-bond donors (Lipinski definition) is 5. The van der Waals surface area contributed by atoms with Crippen molar-refractivity contribution in [3.63, 3.8) is 0 Å². The number of carbonyl (C=O) groups is 4. The van der Waals surface area contributed by atoms with Gasteiger partial charge in [-0.3, -0.25) is 24.5 Å². The zero-order chi connectivity index (χ0) is 20.3. The first-order chi connectivity index (χ1) is 13.0. The van der Waals surface area contributed by atoms with Crippen molar-refractivity contribution in [1.29, 1.82) is 0 Å². The number of aliphatic carboxylic acids is 1. The van der Waals surface area contributed by atoms with E-state index in [0.717, 1.165) is 32.1 Å². The average Bonchev–Trinajstić information content (AvgIpc) is 2.61. The van der Waals surface area contributed by atoms with Crippen LogP contribution in [0, 0.1) is 0 Å². The minimum absolute atomic E-state index is 0.0595. The zero-order valence-electron chi connectivity index (χ0n) is 16.3. The SMILES string of the molecule is CCNC(=O)CCCCCNC(=O)CNCC(=O)NCCCCCC(=O)O. The molecule has 0 atom stereocenters. The van der Waals surface area contributed by atoms with Gasteiger partial charge in [0.25, 0.3) is 0 Å². The highest BCUT2D eigenvalue weighted by Crippen LogP contribution is 1.99. The van der Waals surface area contributed by atoms with Gasteiger partial charge in [0.15, 0.2) is 0 Å². The van der Waals surface area contributed by atoms with Crippen LogP contribution in [-0.4, -0.2) is 61.5 Å². The molecule has 0 aromatic heterocycles. The van der Waals surface area contributed by atoms with E-state index in [-0.39, 0.29) is 37.2 Å². The fourth-order valence-corrected chi connectivity index (χ4v) is 2.32. The van der Waals surface area contributed by atoms with Gasteiger partial charge in [-0.15, -0.1) is 0 Å². The Balaban J connectivity index is 3.43. The molecule has 0 aliphatic heterocycles. The van der Waals surface area contributed by atoms with Gasteiger partial charge in [-0.1, -0.05) is 12.8 Å². The van der Waals surface area contributed by atoms with Crippen LogP contribution in [-0.2, 0) is 19.2 Å². The van der Waals surface area contributed by atoms with Gasteiger partial charge in [0.1, 0.15) is 0 Å². The van der Waals surface area contributed by atoms with Gasteiger partial charge in [-0.2, -0.15) is 0 Å². The van der Waals surface area contributed by atoms with E-state index in [1.165, 1.54) is 0 Å². The Morgan fingerprint density at radius 2 is 1.19 bits per heavy atom. The molecule has 0 heterocycles. The number of amides is 3. The topological polar surface area (TPSA) is 137 Å². The van der Waals surface area contributed by atoms with Crippen molar-refractivity contribution in [2.45, 2.75) is 58.3 Å². The normalized spacial score (nSPS) is 10.3. The van der Waals surface area contributed by atoms with E-state index in [4.69, 9.17) is 5.11 Å². The van der Waals surface area contributed by atoms with Gasteiger partial charge < -0.3 is 21.1 Å². The molecule has 0 aliphatic rings. The minimum atomic E-state index is -0.805. The number of carboxylic acids is 1. The Kier molecular flexibility index (Phi) is 15.9. The lowest BCUT2D eigenvalue weighted by atomic mass is 10.2. The van der Waals surface area contributed by atoms with Crippen LogP contribution < -0.4 is 21.3 Å². The predicted octanol–water partition coefficient (Wildman–Crippen LogP) is 0.150. The van der Waals surface area contributed by atoms with Crippen LogP contribution in [0.25, 0.3) is 0 Å². The molecule has 0 aromatic rings. The monoisotopic (exact) mass is 386 g/mol. The lowest BCUT2D eigenvalue weighted by molar-refractivity contribution is -0.137. The number of nitrogens with one attached hydrogen (secondary N) is 4. The van der Waals surface area contributed by atoms with E-state index in [9.17, 15) is 19.2 Å². The maximum atomic E-state index is 11.6. The molecule has 9 heteroatoms. The Bertz CT molecular complexity index is 457. The molecule has 156 valence electrons. The molecule has 9 nitrogen and oxygen atoms in total. The van der Waals surface area contributed by atoms with Crippen molar-refractivity contribution < 1.29 is 24.3 Å². The summed E-state index contributed by atoms with van der Waals surface area (Å²) in [5.41, 5.74) is 0. The highest BCUT2D eigenvalue weighted by Gasteiger charge is 2.04. The lowest BCUT2D eigenvalue weighted by Gasteiger charge is -2.08. The van der Waals surface area contributed by atoms with E-state index >= 15 is 0 Å². The van der Waals surface area contributed by atoms with E-state index in [1.807, 2.05) is 6.92 Å². The van der Waals surface area contributed by atoms with Crippen LogP contribution in [0.5, 0.6) is 0 Å². The molecule has 0 rings (SSSR count). The summed E-state index contributed by atoms with van der Waals surface area (Å²) in [7, 11) is 0. The molecule has 0 fully saturated rings. The predicted molar refractivity (Wildman–Crippen MR) is 102 cm³/mol. The number of carboxylic acid groups (broad SMARTS) is 1. The van der Waals surface area contributed by atoms with Crippen molar-refractivity contribution in [3.05, 3.63) is 0 Å². The van der Waals surface area contributed by atoms with E-state index in [2.05, 4.69) is 21.3 Å². The summed E-state index contributed by atoms with van der Waals surface area (Å²) in [6, 6.07) is 0. The van der Waals surface area contributed by atoms with Crippen LogP contribution in [0.3, 0.4) is 0 Å². The summed E-state index contributed by atoms with van der Waals surface area (Å²) >= 11 is 0. The molecule has 3 amide bonds. The van der Waals surface area contributed by atoms with Gasteiger partial charge in [0.05, 0.1) is 13.1 Å². The Morgan fingerprint density at radius 3 is 1.67 bits per heavy atom. The number of rotatable bonds is 17. The fraction of sp³-hybridized carbons (Fsp3) is 0.778. The Morgan fingerprint density at radius 1 is 0.667 bits per heavy atom. The average molecular weight is 386 g/mol. The first-order valence-electron chi connectivity index (χ1n) is 9.68. The van der Waals surface area contributed by atoms with Gasteiger partial charge >= 0.3 is 5.97 Å². The molecule has 0 aromatic carbocycles. The number of carbonyl (C=O) groups excluding carboxylic acids is 3. The van der Waals surface area contributed by atoms with E-state index in [0.29, 0.717) is 32.5 Å². The van der Waals surface area contributed by atoms with Crippen molar-refractivity contribution in [3.8, 4) is 0 Å². The van der Waals surface area contributed by atoms with Gasteiger partial charge in [0, 0.05) is 32.5 Å². The van der Waals surface area contributed by atoms with Crippen LogP contribution in [0.15, 0.2) is 0 Å². The summed E-state index contributed by atoms with van der Waals surface area (Å²) in [4.78, 5) is 44.8. The van der Waals surface area contributed by atoms with E-state index in [1.54, 1.807) is 0 Å². The second-order valence-electron chi connectivity index (χ2n) is 6.27. The quantitative estimate of drug-likeness (QED) is 0.226. The highest BCUT2D eigenvalue weighted by atomic mass is 16.4. The van der Waals surface area contributed by atoms with Crippen LogP contribution in [0.4, 0.5) is 0 Å². The first-order valence-corrected chi connectivity index (χ1v) is 9.68. The van der Waals surface area contributed by atoms with Crippen LogP contribution >= 0.6 is 0 Å². The summed E-state index contributed by atoms with van der Waals surface area (Å²) in [5.74, 6) is -1.10. The number of unbranched alkanes of at least 4 members (excludes halogenated alkanes) is 4. The summed E-state index contributed by atoms with van der Waals surface area (Å²) in [5, 5.41) is 19.5. The smallest absolute Gasteiger partial charge is 0.303 e. The Hall–Kier alpha value is -2.16. The third-order valence-corrected chi connectivity index (χ3v) is 3.74. The van der Waals surface area contributed by atoms with Gasteiger partial charge in [0.2, 0.25) is 17.7 Å². The molecule has 0 spiro atoms. The molecular formula is C18H34N4O5. The summed E-state index contributed by atoms with van der Waals surface area (Å²) in [6.07, 6.45) is 5.25. The molecule has 0 unspecified atom stereocenters. The second kappa shape index (κ2) is 17.3. The van der Waals surface area contributed by atoms with Crippen molar-refractivity contribution >= 4 is 23.7 Å². The molecular weight excluding hydrogens is 352 g/mol. The second-order valence-corrected chi connectivity index (χ2v) is 6.27. The molecule has 0 saturated heterocycles. The van der Waals surface area contributed by atoms with Gasteiger partial charge in [-0.05, 0) is 32.6 Å². The summed E-state index contributed by atoms with van der Waals surface area (Å²) < 4.78 is 0. The van der Waals surface area contributed by atoms with Crippen LogP contribution in [0.2, 0.25) is 0 Å². The molecule has 0 saturated carbocycles. The maximum absolute atomic E-state index is 11.6. The van der Waals surface area contributed by atoms with Crippen molar-refractivity contribution in [2.75, 3.05) is 32.7 Å².